The van der Waals surface area contributed by atoms with E-state index in [0.29, 0.717) is 26.4 Å². The number of ether oxygens (including phenoxy) is 4. The van der Waals surface area contributed by atoms with Gasteiger partial charge in [-0.1, -0.05) is 303 Å². The Bertz CT molecular complexity index is 6500. The average Bonchev–Trinajstić information content (AvgIpc) is 1.55. The van der Waals surface area contributed by atoms with Crippen molar-refractivity contribution in [2.24, 2.45) is 0 Å². The molecule has 4 N–H and O–H groups in total. The SMILES string of the molecule is Oc1ccc(C2(c3cccc(OCCCCOc4cccc(C5(c6ccc(O)cc6)c6ccccc6-c6ccccc65)c4)c3)c3ccccc3-c3ccccc32)cc1.Oc1ccc2cc(C3(c4ccc(OCCCCCCOc5ccc(C6(c7ccc8cc(O)ccc8c7)c7ccccc7-c7ccccc76)cc5)cc4)c4ccccc4-c4ccccc43)ccc2c1. The molecule has 18 aromatic carbocycles. The van der Waals surface area contributed by atoms with Gasteiger partial charge in [-0.2, -0.15) is 0 Å². The molecule has 0 saturated carbocycles. The van der Waals surface area contributed by atoms with Crippen molar-refractivity contribution in [2.75, 3.05) is 26.4 Å². The first-order valence-corrected chi connectivity index (χ1v) is 43.9. The van der Waals surface area contributed by atoms with Crippen molar-refractivity contribution in [2.45, 2.75) is 60.2 Å². The molecule has 0 atom stereocenters. The van der Waals surface area contributed by atoms with E-state index in [0.717, 1.165) is 105 Å². The summed E-state index contributed by atoms with van der Waals surface area (Å²) in [6, 6.07) is 144. The molecule has 0 aliphatic heterocycles. The summed E-state index contributed by atoms with van der Waals surface area (Å²) in [6.45, 7) is 2.43. The molecule has 0 spiro atoms. The lowest BCUT2D eigenvalue weighted by molar-refractivity contribution is 0.266. The normalized spacial score (nSPS) is 13.8. The van der Waals surface area contributed by atoms with Crippen LogP contribution in [0.25, 0.3) is 66.1 Å². The molecule has 0 aromatic heterocycles. The topological polar surface area (TPSA) is 118 Å². The van der Waals surface area contributed by atoms with E-state index in [1.54, 1.807) is 36.4 Å². The van der Waals surface area contributed by atoms with Crippen molar-refractivity contribution in [1.29, 1.82) is 0 Å². The summed E-state index contributed by atoms with van der Waals surface area (Å²) in [5.74, 6) is 4.42. The lowest BCUT2D eigenvalue weighted by Gasteiger charge is -2.34. The Balaban J connectivity index is 0.000000156. The zero-order valence-electron chi connectivity index (χ0n) is 69.8. The number of benzene rings is 18. The molecule has 4 aliphatic carbocycles. The van der Waals surface area contributed by atoms with Crippen LogP contribution >= 0.6 is 0 Å². The third kappa shape index (κ3) is 13.3. The first kappa shape index (κ1) is 78.2. The van der Waals surface area contributed by atoms with Crippen molar-refractivity contribution in [3.63, 3.8) is 0 Å². The van der Waals surface area contributed by atoms with E-state index in [4.69, 9.17) is 18.9 Å². The molecule has 18 aromatic rings. The summed E-state index contributed by atoms with van der Waals surface area (Å²) in [4.78, 5) is 0. The molecule has 0 heterocycles. The molecular formula is C118H92O8. The van der Waals surface area contributed by atoms with Crippen molar-refractivity contribution >= 4 is 21.5 Å². The molecule has 0 bridgehead atoms. The Morgan fingerprint density at radius 2 is 0.373 bits per heavy atom. The van der Waals surface area contributed by atoms with E-state index in [1.165, 1.54) is 111 Å². The number of unbranched alkanes of at least 4 members (excludes halogenated alkanes) is 4. The number of aromatic hydroxyl groups is 4. The van der Waals surface area contributed by atoms with E-state index in [2.05, 4.69) is 315 Å². The molecule has 0 saturated heterocycles. The quantitative estimate of drug-likeness (QED) is 0.0442. The maximum absolute atomic E-state index is 10.3. The molecule has 4 aliphatic rings. The van der Waals surface area contributed by atoms with Crippen LogP contribution in [0.4, 0.5) is 0 Å². The molecule has 22 rings (SSSR count). The third-order valence-electron chi connectivity index (χ3n) is 26.7. The van der Waals surface area contributed by atoms with E-state index in [-0.39, 0.29) is 23.0 Å². The molecule has 0 radical (unpaired) electrons. The van der Waals surface area contributed by atoms with Crippen molar-refractivity contribution in [3.05, 3.63) is 502 Å². The largest absolute Gasteiger partial charge is 0.508 e. The number of rotatable bonds is 24. The summed E-state index contributed by atoms with van der Waals surface area (Å²) in [7, 11) is 0. The van der Waals surface area contributed by atoms with Gasteiger partial charge in [0.15, 0.2) is 0 Å². The minimum absolute atomic E-state index is 0.246. The average molecular weight is 1640 g/mol. The molecular weight excluding hydrogens is 1550 g/mol. The van der Waals surface area contributed by atoms with Gasteiger partial charge in [0.05, 0.1) is 48.1 Å². The Kier molecular flexibility index (Phi) is 20.4. The second-order valence-electron chi connectivity index (χ2n) is 33.6. The summed E-state index contributed by atoms with van der Waals surface area (Å²) in [6.07, 6.45) is 5.71. The number of phenols is 4. The molecule has 0 unspecified atom stereocenters. The number of hydrogen-bond acceptors (Lipinski definition) is 8. The number of hydrogen-bond donors (Lipinski definition) is 4. The highest BCUT2D eigenvalue weighted by Gasteiger charge is 2.51. The van der Waals surface area contributed by atoms with Gasteiger partial charge in [-0.05, 0) is 303 Å². The number of fused-ring (bicyclic) bond motifs is 14. The third-order valence-corrected chi connectivity index (χ3v) is 26.7. The first-order valence-electron chi connectivity index (χ1n) is 43.9. The van der Waals surface area contributed by atoms with Gasteiger partial charge in [-0.25, -0.2) is 0 Å². The maximum Gasteiger partial charge on any atom is 0.119 e. The van der Waals surface area contributed by atoms with Crippen LogP contribution in [-0.4, -0.2) is 46.9 Å². The van der Waals surface area contributed by atoms with Gasteiger partial charge in [-0.15, -0.1) is 0 Å². The highest BCUT2D eigenvalue weighted by atomic mass is 16.5. The van der Waals surface area contributed by atoms with Gasteiger partial charge in [0.2, 0.25) is 0 Å². The first-order chi connectivity index (χ1) is 62.1. The van der Waals surface area contributed by atoms with Crippen LogP contribution in [-0.2, 0) is 21.7 Å². The predicted octanol–water partition coefficient (Wildman–Crippen LogP) is 27.2. The fourth-order valence-electron chi connectivity index (χ4n) is 21.2. The van der Waals surface area contributed by atoms with Crippen LogP contribution in [0, 0.1) is 0 Å². The van der Waals surface area contributed by atoms with E-state index >= 15 is 0 Å². The van der Waals surface area contributed by atoms with Crippen LogP contribution in [0.1, 0.15) is 128 Å². The zero-order valence-corrected chi connectivity index (χ0v) is 69.8. The smallest absolute Gasteiger partial charge is 0.119 e. The summed E-state index contributed by atoms with van der Waals surface area (Å²) in [5.41, 5.74) is 26.9. The Hall–Kier alpha value is -15.1. The van der Waals surface area contributed by atoms with E-state index in [9.17, 15) is 20.4 Å². The van der Waals surface area contributed by atoms with Crippen LogP contribution in [0.5, 0.6) is 46.0 Å². The van der Waals surface area contributed by atoms with Crippen LogP contribution in [0.2, 0.25) is 0 Å². The second kappa shape index (κ2) is 32.9. The minimum Gasteiger partial charge on any atom is -0.508 e. The monoisotopic (exact) mass is 1640 g/mol. The molecule has 8 nitrogen and oxygen atoms in total. The Morgan fingerprint density at radius 3 is 0.659 bits per heavy atom. The zero-order chi connectivity index (χ0) is 84.8. The highest BCUT2D eigenvalue weighted by Crippen LogP contribution is 2.62. The highest BCUT2D eigenvalue weighted by molar-refractivity contribution is 5.94. The second-order valence-corrected chi connectivity index (χ2v) is 33.6. The summed E-state index contributed by atoms with van der Waals surface area (Å²) >= 11 is 0. The standard InChI is InChI=1S/C64H50O4.C54H42O4/c65-51-31-23-43-39-49(25-21-45(43)41-51)63(59-17-7-3-13-55(59)56-14-4-8-18-60(56)63)47-27-33-53(34-28-47)67-37-11-1-2-12-38-68-54-35-29-48(30-36-54)64(50-26-22-46-42-52(66)32-24-44(46)40-50)61-19-9-5-15-57(61)58-16-6-10-20-62(58)64;55-41-29-25-37(26-30-41)53(49-21-5-1-17-45(49)46-18-2-6-22-50(46)53)39-13-11-15-43(35-39)57-33-9-10-34-58-44-16-12-14-40(36-44)54(38-27-31-42(56)32-28-38)51-23-7-3-19-47(51)48-20-4-8-24-52(48)54/h3-10,13-36,39-42,65-66H,1-2,11-12,37-38H2;1-8,11-32,35-36,55-56H,9-10,33-34H2. The van der Waals surface area contributed by atoms with E-state index in [1.807, 2.05) is 60.7 Å². The van der Waals surface area contributed by atoms with Crippen LogP contribution in [0.15, 0.2) is 413 Å². The van der Waals surface area contributed by atoms with Crippen LogP contribution < -0.4 is 18.9 Å². The van der Waals surface area contributed by atoms with Gasteiger partial charge in [0, 0.05) is 0 Å². The lowest BCUT2D eigenvalue weighted by atomic mass is 9.67. The Labute approximate surface area is 734 Å². The van der Waals surface area contributed by atoms with Gasteiger partial charge in [0.1, 0.15) is 46.0 Å². The van der Waals surface area contributed by atoms with Gasteiger partial charge in [0.25, 0.3) is 0 Å². The molecule has 612 valence electrons. The molecule has 8 heteroatoms. The molecule has 126 heavy (non-hydrogen) atoms. The van der Waals surface area contributed by atoms with Crippen molar-refractivity contribution in [3.8, 4) is 90.5 Å². The maximum atomic E-state index is 10.3. The lowest BCUT2D eigenvalue weighted by Crippen LogP contribution is -2.28. The van der Waals surface area contributed by atoms with Crippen LogP contribution in [0.3, 0.4) is 0 Å². The van der Waals surface area contributed by atoms with Gasteiger partial charge < -0.3 is 39.4 Å². The molecule has 0 fully saturated rings. The summed E-state index contributed by atoms with van der Waals surface area (Å²) in [5, 5.41) is 45.1. The van der Waals surface area contributed by atoms with E-state index < -0.39 is 21.7 Å². The minimum atomic E-state index is -0.563. The van der Waals surface area contributed by atoms with Gasteiger partial charge in [-0.3, -0.25) is 0 Å². The predicted molar refractivity (Wildman–Crippen MR) is 506 cm³/mol. The molecule has 0 amide bonds. The fourth-order valence-corrected chi connectivity index (χ4v) is 21.2. The van der Waals surface area contributed by atoms with Crippen molar-refractivity contribution in [1.82, 2.24) is 0 Å². The Morgan fingerprint density at radius 1 is 0.159 bits per heavy atom. The van der Waals surface area contributed by atoms with Crippen molar-refractivity contribution < 1.29 is 39.4 Å². The number of phenolic OH excluding ortho intramolecular Hbond substituents is 4. The summed E-state index contributed by atoms with van der Waals surface area (Å²) < 4.78 is 25.6. The fraction of sp³-hybridized carbons (Fsp3) is 0.119. The van der Waals surface area contributed by atoms with Gasteiger partial charge >= 0.3 is 0 Å².